The van der Waals surface area contributed by atoms with Gasteiger partial charge in [-0.15, -0.1) is 0 Å². The van der Waals surface area contributed by atoms with Gasteiger partial charge in [-0.3, -0.25) is 19.2 Å². The first-order valence-corrected chi connectivity index (χ1v) is 10.6. The largest absolute Gasteiger partial charge is 0.469 e. The van der Waals surface area contributed by atoms with E-state index in [-0.39, 0.29) is 38.4 Å². The maximum Gasteiger partial charge on any atom is 0.319 e. The van der Waals surface area contributed by atoms with Crippen LogP contribution in [-0.2, 0) is 38.1 Å². The Morgan fingerprint density at radius 1 is 0.630 bits per heavy atom. The Labute approximate surface area is 184 Å². The Morgan fingerprint density at radius 3 is 1.26 bits per heavy atom. The molecule has 0 aromatic rings. The monoisotopic (exact) mass is 582 g/mol. The summed E-state index contributed by atoms with van der Waals surface area (Å²) in [6.07, 6.45) is 2.53. The molecule has 11 heteroatoms. The number of halogens is 3. The molecule has 0 heterocycles. The van der Waals surface area contributed by atoms with Gasteiger partial charge in [0.15, 0.2) is 0 Å². The van der Waals surface area contributed by atoms with Crippen LogP contribution >= 0.6 is 47.8 Å². The van der Waals surface area contributed by atoms with Crippen molar-refractivity contribution in [1.29, 1.82) is 0 Å². The van der Waals surface area contributed by atoms with Crippen molar-refractivity contribution in [3.05, 3.63) is 0 Å². The third kappa shape index (κ3) is 15.0. The zero-order valence-electron chi connectivity index (χ0n) is 15.7. The molecule has 0 bridgehead atoms. The SMILES string of the molecule is COC(=O)C(Br)CCC(Br)C(=O)OC.COC(=O)CCCC(Br)C(=O)OC. The van der Waals surface area contributed by atoms with Crippen LogP contribution in [0.1, 0.15) is 32.1 Å². The molecule has 0 saturated carbocycles. The average Bonchev–Trinajstić information content (AvgIpc) is 2.69. The predicted octanol–water partition coefficient (Wildman–Crippen LogP) is 2.91. The first kappa shape index (κ1) is 28.5. The summed E-state index contributed by atoms with van der Waals surface area (Å²) in [7, 11) is 5.32. The molecule has 0 rings (SSSR count). The van der Waals surface area contributed by atoms with Gasteiger partial charge in [-0.25, -0.2) is 0 Å². The highest BCUT2D eigenvalue weighted by atomic mass is 79.9. The molecule has 8 nitrogen and oxygen atoms in total. The van der Waals surface area contributed by atoms with E-state index in [2.05, 4.69) is 66.7 Å². The molecule has 0 aliphatic rings. The minimum atomic E-state index is -0.378. The summed E-state index contributed by atoms with van der Waals surface area (Å²) in [4.78, 5) is 42.4. The lowest BCUT2D eigenvalue weighted by Crippen LogP contribution is -2.20. The Hall–Kier alpha value is -0.680. The van der Waals surface area contributed by atoms with Gasteiger partial charge in [-0.05, 0) is 25.7 Å². The Morgan fingerprint density at radius 2 is 0.963 bits per heavy atom. The number of alkyl halides is 3. The molecule has 0 amide bonds. The van der Waals surface area contributed by atoms with Gasteiger partial charge in [-0.2, -0.15) is 0 Å². The van der Waals surface area contributed by atoms with E-state index in [9.17, 15) is 19.2 Å². The molecule has 3 unspecified atom stereocenters. The fourth-order valence-electron chi connectivity index (χ4n) is 1.56. The van der Waals surface area contributed by atoms with Gasteiger partial charge in [0.1, 0.15) is 14.5 Å². The number of ether oxygens (including phenoxy) is 4. The highest BCUT2D eigenvalue weighted by Gasteiger charge is 2.20. The molecule has 0 aliphatic carbocycles. The van der Waals surface area contributed by atoms with Crippen LogP contribution in [0.5, 0.6) is 0 Å². The van der Waals surface area contributed by atoms with Crippen LogP contribution in [0.15, 0.2) is 0 Å². The molecule has 0 aromatic carbocycles. The van der Waals surface area contributed by atoms with Crippen molar-refractivity contribution in [3.8, 4) is 0 Å². The standard InChI is InChI=1S/C8H12Br2O4.C8H13BrO4/c1-13-7(11)5(9)3-4-6(10)8(12)14-2;1-12-7(10)5-3-4-6(9)8(11)13-2/h5-6H,3-4H2,1-2H3;6H,3-5H2,1-2H3. The van der Waals surface area contributed by atoms with Gasteiger partial charge in [0.2, 0.25) is 0 Å². The number of esters is 4. The maximum atomic E-state index is 11.0. The lowest BCUT2D eigenvalue weighted by molar-refractivity contribution is -0.142. The minimum Gasteiger partial charge on any atom is -0.469 e. The second kappa shape index (κ2) is 17.4. The van der Waals surface area contributed by atoms with Crippen LogP contribution < -0.4 is 0 Å². The van der Waals surface area contributed by atoms with Gasteiger partial charge in [0.25, 0.3) is 0 Å². The topological polar surface area (TPSA) is 105 Å². The zero-order chi connectivity index (χ0) is 21.4. The summed E-state index contributed by atoms with van der Waals surface area (Å²) in [5.74, 6) is -1.25. The van der Waals surface area contributed by atoms with Crippen molar-refractivity contribution in [1.82, 2.24) is 0 Å². The Bertz CT molecular complexity index is 451. The van der Waals surface area contributed by atoms with E-state index in [4.69, 9.17) is 0 Å². The Balaban J connectivity index is 0. The van der Waals surface area contributed by atoms with Crippen LogP contribution in [0.4, 0.5) is 0 Å². The van der Waals surface area contributed by atoms with Gasteiger partial charge in [-0.1, -0.05) is 47.8 Å². The van der Waals surface area contributed by atoms with Gasteiger partial charge < -0.3 is 18.9 Å². The van der Waals surface area contributed by atoms with E-state index in [1.807, 2.05) is 0 Å². The molecular weight excluding hydrogens is 560 g/mol. The van der Waals surface area contributed by atoms with Crippen LogP contribution in [0.25, 0.3) is 0 Å². The summed E-state index contributed by atoms with van der Waals surface area (Å²) in [5.41, 5.74) is 0. The highest BCUT2D eigenvalue weighted by molar-refractivity contribution is 9.10. The van der Waals surface area contributed by atoms with Crippen LogP contribution in [0, 0.1) is 0 Å². The van der Waals surface area contributed by atoms with Crippen molar-refractivity contribution < 1.29 is 38.1 Å². The Kier molecular flexibility index (Phi) is 18.4. The number of rotatable bonds is 10. The molecule has 3 atom stereocenters. The van der Waals surface area contributed by atoms with E-state index < -0.39 is 0 Å². The maximum absolute atomic E-state index is 11.0. The summed E-state index contributed by atoms with van der Waals surface area (Å²) in [6.45, 7) is 0. The predicted molar refractivity (Wildman–Crippen MR) is 109 cm³/mol. The third-order valence-electron chi connectivity index (χ3n) is 3.11. The molecule has 0 radical (unpaired) electrons. The lowest BCUT2D eigenvalue weighted by atomic mass is 10.2. The second-order valence-electron chi connectivity index (χ2n) is 5.02. The van der Waals surface area contributed by atoms with Gasteiger partial charge in [0, 0.05) is 6.42 Å². The number of hydrogen-bond donors (Lipinski definition) is 0. The number of methoxy groups -OCH3 is 4. The first-order chi connectivity index (χ1) is 12.6. The molecular formula is C16H25Br3O8. The van der Waals surface area contributed by atoms with Crippen LogP contribution in [0.3, 0.4) is 0 Å². The number of carbonyl (C=O) groups is 4. The molecule has 27 heavy (non-hydrogen) atoms. The molecule has 0 spiro atoms. The molecule has 0 aliphatic heterocycles. The van der Waals surface area contributed by atoms with Crippen molar-refractivity contribution in [2.24, 2.45) is 0 Å². The summed E-state index contributed by atoms with van der Waals surface area (Å²) < 4.78 is 18.0. The second-order valence-corrected chi connectivity index (χ2v) is 8.33. The third-order valence-corrected chi connectivity index (χ3v) is 5.61. The van der Waals surface area contributed by atoms with Crippen LogP contribution in [-0.4, -0.2) is 66.8 Å². The fraction of sp³-hybridized carbons (Fsp3) is 0.750. The summed E-state index contributed by atoms with van der Waals surface area (Å²) in [6, 6.07) is 0. The van der Waals surface area contributed by atoms with Crippen molar-refractivity contribution in [3.63, 3.8) is 0 Å². The number of carbonyl (C=O) groups excluding carboxylic acids is 4. The first-order valence-electron chi connectivity index (χ1n) is 7.86. The van der Waals surface area contributed by atoms with Crippen LogP contribution in [0.2, 0.25) is 0 Å². The minimum absolute atomic E-state index is 0.260. The van der Waals surface area contributed by atoms with E-state index in [1.54, 1.807) is 0 Å². The van der Waals surface area contributed by atoms with E-state index >= 15 is 0 Å². The quantitative estimate of drug-likeness (QED) is 0.219. The average molecular weight is 585 g/mol. The van der Waals surface area contributed by atoms with Crippen molar-refractivity contribution >= 4 is 71.7 Å². The highest BCUT2D eigenvalue weighted by Crippen LogP contribution is 2.16. The van der Waals surface area contributed by atoms with Gasteiger partial charge in [0.05, 0.1) is 28.4 Å². The molecule has 0 fully saturated rings. The molecule has 0 aromatic heterocycles. The smallest absolute Gasteiger partial charge is 0.319 e. The number of hydrogen-bond acceptors (Lipinski definition) is 8. The van der Waals surface area contributed by atoms with Gasteiger partial charge >= 0.3 is 23.9 Å². The van der Waals surface area contributed by atoms with Crippen molar-refractivity contribution in [2.75, 3.05) is 28.4 Å². The summed E-state index contributed by atoms with van der Waals surface area (Å²) in [5, 5.41) is 0. The molecule has 0 N–H and O–H groups in total. The molecule has 0 saturated heterocycles. The fourth-order valence-corrected chi connectivity index (χ4v) is 2.97. The van der Waals surface area contributed by atoms with E-state index in [0.29, 0.717) is 32.1 Å². The molecule has 158 valence electrons. The lowest BCUT2D eigenvalue weighted by Gasteiger charge is -2.09. The van der Waals surface area contributed by atoms with E-state index in [1.165, 1.54) is 28.4 Å². The van der Waals surface area contributed by atoms with E-state index in [0.717, 1.165) is 0 Å². The van der Waals surface area contributed by atoms with Crippen molar-refractivity contribution in [2.45, 2.75) is 46.6 Å². The zero-order valence-corrected chi connectivity index (χ0v) is 20.4. The normalized spacial score (nSPS) is 13.1. The summed E-state index contributed by atoms with van der Waals surface area (Å²) >= 11 is 9.46.